The van der Waals surface area contributed by atoms with Crippen molar-refractivity contribution in [3.8, 4) is 0 Å². The fraction of sp³-hybridized carbons (Fsp3) is 0.250. The van der Waals surface area contributed by atoms with E-state index in [0.29, 0.717) is 9.71 Å². The fourth-order valence-electron chi connectivity index (χ4n) is 2.50. The summed E-state index contributed by atoms with van der Waals surface area (Å²) in [6.07, 6.45) is 5.91. The van der Waals surface area contributed by atoms with E-state index >= 15 is 0 Å². The predicted molar refractivity (Wildman–Crippen MR) is 90.3 cm³/mol. The van der Waals surface area contributed by atoms with E-state index in [-0.39, 0.29) is 0 Å². The monoisotopic (exact) mass is 328 g/mol. The highest BCUT2D eigenvalue weighted by Gasteiger charge is 2.20. The number of likely N-dealkylation sites (N-methyl/N-ethyl adjacent to an activating group) is 1. The Labute approximate surface area is 137 Å². The molecule has 0 saturated heterocycles. The summed E-state index contributed by atoms with van der Waals surface area (Å²) in [5.74, 6) is -0.152. The molecular weight excluding hydrogens is 312 g/mol. The van der Waals surface area contributed by atoms with Crippen LogP contribution in [0.3, 0.4) is 0 Å². The number of aromatic carboxylic acids is 1. The van der Waals surface area contributed by atoms with Gasteiger partial charge in [-0.3, -0.25) is 4.98 Å². The molecule has 23 heavy (non-hydrogen) atoms. The number of carbonyl (C=O) groups is 1. The Hall–Kier alpha value is -2.54. The molecule has 0 atom stereocenters. The lowest BCUT2D eigenvalue weighted by atomic mass is 10.1. The van der Waals surface area contributed by atoms with E-state index in [0.717, 1.165) is 29.7 Å². The van der Waals surface area contributed by atoms with Gasteiger partial charge in [-0.1, -0.05) is 0 Å². The zero-order valence-electron chi connectivity index (χ0n) is 12.9. The largest absolute Gasteiger partial charge is 0.477 e. The summed E-state index contributed by atoms with van der Waals surface area (Å²) in [7, 11) is 1.96. The molecule has 0 aliphatic rings. The van der Waals surface area contributed by atoms with E-state index in [4.69, 9.17) is 0 Å². The van der Waals surface area contributed by atoms with Crippen LogP contribution in [0.2, 0.25) is 0 Å². The summed E-state index contributed by atoms with van der Waals surface area (Å²) in [6, 6.07) is 3.98. The van der Waals surface area contributed by atoms with Gasteiger partial charge in [-0.15, -0.1) is 11.3 Å². The highest BCUT2D eigenvalue weighted by Crippen LogP contribution is 2.34. The molecule has 0 amide bonds. The Morgan fingerprint density at radius 3 is 2.74 bits per heavy atom. The van der Waals surface area contributed by atoms with Crippen LogP contribution in [0, 0.1) is 6.92 Å². The topological polar surface area (TPSA) is 79.2 Å². The van der Waals surface area contributed by atoms with Crippen molar-refractivity contribution in [2.45, 2.75) is 13.3 Å². The Kier molecular flexibility index (Phi) is 4.20. The number of aryl methyl sites for hydroxylation is 1. The molecule has 0 saturated carbocycles. The minimum Gasteiger partial charge on any atom is -0.477 e. The summed E-state index contributed by atoms with van der Waals surface area (Å²) in [6.45, 7) is 2.58. The summed E-state index contributed by atoms with van der Waals surface area (Å²) < 4.78 is 0. The van der Waals surface area contributed by atoms with E-state index < -0.39 is 5.97 Å². The van der Waals surface area contributed by atoms with Gasteiger partial charge in [0.15, 0.2) is 0 Å². The van der Waals surface area contributed by atoms with E-state index in [1.54, 1.807) is 12.4 Å². The molecule has 0 unspecified atom stereocenters. The number of hydrogen-bond donors (Lipinski definition) is 1. The summed E-state index contributed by atoms with van der Waals surface area (Å²) in [4.78, 5) is 27.0. The lowest BCUT2D eigenvalue weighted by molar-refractivity contribution is 0.0701. The lowest BCUT2D eigenvalue weighted by Crippen LogP contribution is -2.21. The molecule has 3 heterocycles. The van der Waals surface area contributed by atoms with Crippen molar-refractivity contribution in [3.63, 3.8) is 0 Å². The Bertz CT molecular complexity index is 848. The molecular formula is C16H16N4O2S. The molecule has 1 N–H and O–H groups in total. The van der Waals surface area contributed by atoms with Crippen molar-refractivity contribution in [2.75, 3.05) is 18.5 Å². The van der Waals surface area contributed by atoms with Crippen LogP contribution in [-0.2, 0) is 6.42 Å². The Morgan fingerprint density at radius 2 is 2.04 bits per heavy atom. The van der Waals surface area contributed by atoms with Gasteiger partial charge in [-0.2, -0.15) is 0 Å². The number of hydrogen-bond acceptors (Lipinski definition) is 6. The van der Waals surface area contributed by atoms with Gasteiger partial charge in [0.25, 0.3) is 0 Å². The number of pyridine rings is 1. The van der Waals surface area contributed by atoms with Gasteiger partial charge < -0.3 is 10.0 Å². The van der Waals surface area contributed by atoms with Gasteiger partial charge in [0.1, 0.15) is 21.9 Å². The van der Waals surface area contributed by atoms with E-state index in [9.17, 15) is 9.90 Å². The fourth-order valence-corrected chi connectivity index (χ4v) is 3.48. The third-order valence-electron chi connectivity index (χ3n) is 3.75. The minimum atomic E-state index is -0.920. The van der Waals surface area contributed by atoms with E-state index in [1.807, 2.05) is 31.0 Å². The first-order valence-electron chi connectivity index (χ1n) is 7.15. The molecule has 0 bridgehead atoms. The normalized spacial score (nSPS) is 10.9. The zero-order valence-corrected chi connectivity index (χ0v) is 13.7. The molecule has 3 aromatic rings. The van der Waals surface area contributed by atoms with Gasteiger partial charge in [0, 0.05) is 26.0 Å². The Balaban J connectivity index is 1.91. The molecule has 118 valence electrons. The zero-order chi connectivity index (χ0) is 16.4. The van der Waals surface area contributed by atoms with Gasteiger partial charge in [0.2, 0.25) is 0 Å². The minimum absolute atomic E-state index is 0.323. The number of rotatable bonds is 5. The third-order valence-corrected chi connectivity index (χ3v) is 4.94. The van der Waals surface area contributed by atoms with Crippen LogP contribution < -0.4 is 4.90 Å². The number of anilines is 1. The first kappa shape index (κ1) is 15.4. The molecule has 3 aromatic heterocycles. The maximum atomic E-state index is 11.3. The van der Waals surface area contributed by atoms with Crippen molar-refractivity contribution in [1.82, 2.24) is 15.0 Å². The molecule has 0 spiro atoms. The van der Waals surface area contributed by atoms with E-state index in [2.05, 4.69) is 15.0 Å². The maximum absolute atomic E-state index is 11.3. The summed E-state index contributed by atoms with van der Waals surface area (Å²) in [5, 5.41) is 10.1. The SMILES string of the molecule is Cc1c(C(=O)O)sc2ncnc(N(C)CCc3ccncc3)c12. The van der Waals surface area contributed by atoms with Gasteiger partial charge in [-0.05, 0) is 36.6 Å². The Morgan fingerprint density at radius 1 is 1.30 bits per heavy atom. The summed E-state index contributed by atoms with van der Waals surface area (Å²) >= 11 is 1.19. The summed E-state index contributed by atoms with van der Waals surface area (Å²) in [5.41, 5.74) is 1.93. The third kappa shape index (κ3) is 3.00. The molecule has 3 rings (SSSR count). The molecule has 0 aliphatic heterocycles. The van der Waals surface area contributed by atoms with Crippen LogP contribution in [0.15, 0.2) is 30.9 Å². The van der Waals surface area contributed by atoms with Crippen LogP contribution in [-0.4, -0.2) is 39.6 Å². The quantitative estimate of drug-likeness (QED) is 0.776. The smallest absolute Gasteiger partial charge is 0.346 e. The average Bonchev–Trinajstić information content (AvgIpc) is 2.91. The average molecular weight is 328 g/mol. The molecule has 0 aromatic carbocycles. The molecule has 0 aliphatic carbocycles. The second-order valence-electron chi connectivity index (χ2n) is 5.27. The highest BCUT2D eigenvalue weighted by atomic mass is 32.1. The van der Waals surface area contributed by atoms with Crippen LogP contribution in [0.5, 0.6) is 0 Å². The van der Waals surface area contributed by atoms with Gasteiger partial charge in [-0.25, -0.2) is 14.8 Å². The first-order chi connectivity index (χ1) is 11.1. The second kappa shape index (κ2) is 6.29. The van der Waals surface area contributed by atoms with Crippen molar-refractivity contribution in [3.05, 3.63) is 46.9 Å². The number of carboxylic acids is 1. The number of nitrogens with zero attached hydrogens (tertiary/aromatic N) is 4. The lowest BCUT2D eigenvalue weighted by Gasteiger charge is -2.19. The van der Waals surface area contributed by atoms with Crippen LogP contribution in [0.1, 0.15) is 20.8 Å². The second-order valence-corrected chi connectivity index (χ2v) is 6.26. The number of carboxylic acid groups (broad SMARTS) is 1. The van der Waals surface area contributed by atoms with Crippen LogP contribution in [0.4, 0.5) is 5.82 Å². The number of thiophene rings is 1. The number of fused-ring (bicyclic) bond motifs is 1. The number of aromatic nitrogens is 3. The standard InChI is InChI=1S/C16H16N4O2S/c1-10-12-14(18-9-19-15(12)23-13(10)16(21)22)20(2)8-5-11-3-6-17-7-4-11/h3-4,6-7,9H,5,8H2,1-2H3,(H,21,22). The van der Waals surface area contributed by atoms with Crippen molar-refractivity contribution < 1.29 is 9.90 Å². The van der Waals surface area contributed by atoms with Crippen molar-refractivity contribution in [2.24, 2.45) is 0 Å². The first-order valence-corrected chi connectivity index (χ1v) is 7.97. The van der Waals surface area contributed by atoms with Crippen molar-refractivity contribution >= 4 is 33.3 Å². The van der Waals surface area contributed by atoms with Gasteiger partial charge >= 0.3 is 5.97 Å². The van der Waals surface area contributed by atoms with Gasteiger partial charge in [0.05, 0.1) is 5.39 Å². The molecule has 0 fully saturated rings. The predicted octanol–water partition coefficient (Wildman–Crippen LogP) is 2.77. The van der Waals surface area contributed by atoms with Crippen LogP contribution >= 0.6 is 11.3 Å². The molecule has 6 nitrogen and oxygen atoms in total. The van der Waals surface area contributed by atoms with E-state index in [1.165, 1.54) is 23.2 Å². The highest BCUT2D eigenvalue weighted by molar-refractivity contribution is 7.20. The van der Waals surface area contributed by atoms with Crippen molar-refractivity contribution in [1.29, 1.82) is 0 Å². The maximum Gasteiger partial charge on any atom is 0.346 e. The van der Waals surface area contributed by atoms with Crippen LogP contribution in [0.25, 0.3) is 10.2 Å². The molecule has 7 heteroatoms. The molecule has 0 radical (unpaired) electrons.